The Kier molecular flexibility index (Phi) is 9.36. The minimum Gasteiger partial charge on any atom is -0.474 e. The van der Waals surface area contributed by atoms with Crippen LogP contribution in [0.4, 0.5) is 0 Å². The highest BCUT2D eigenvalue weighted by molar-refractivity contribution is 8.00. The molecule has 0 saturated heterocycles. The van der Waals surface area contributed by atoms with Crippen molar-refractivity contribution >= 4 is 40.1 Å². The quantitative estimate of drug-likeness (QED) is 0.275. The molecule has 0 atom stereocenters. The van der Waals surface area contributed by atoms with Crippen LogP contribution >= 0.6 is 23.1 Å². The normalized spacial score (nSPS) is 13.9. The number of para-hydroxylation sites is 2. The molecule has 2 heterocycles. The highest BCUT2D eigenvalue weighted by atomic mass is 32.2. The van der Waals surface area contributed by atoms with Crippen molar-refractivity contribution in [1.82, 2.24) is 9.97 Å². The Morgan fingerprint density at radius 2 is 1.75 bits per heavy atom. The molecule has 0 amide bonds. The van der Waals surface area contributed by atoms with E-state index in [1.807, 2.05) is 52.0 Å². The number of carbonyl (C=O) groups excluding carboxylic acids is 1. The molecule has 1 fully saturated rings. The Bertz CT molecular complexity index is 984. The van der Waals surface area contributed by atoms with Crippen molar-refractivity contribution in [2.45, 2.75) is 75.5 Å². The standard InChI is InChI=1S/C16H16N2OS2.C9H16O2/c1-11(2)19-16-14(10-21-15-8-5-9-20-15)17-12-6-3-4-7-13(12)18-16;1-7(2)9(10)11-8-5-3-4-6-8/h3-9,11H,10H2,1-2H3;7-8H,3-6H2,1-2H3. The van der Waals surface area contributed by atoms with E-state index in [0.717, 1.165) is 35.3 Å². The number of thioether (sulfide) groups is 1. The number of hydrogen-bond acceptors (Lipinski definition) is 7. The van der Waals surface area contributed by atoms with Gasteiger partial charge in [-0.3, -0.25) is 4.79 Å². The molecule has 32 heavy (non-hydrogen) atoms. The third kappa shape index (κ3) is 7.48. The van der Waals surface area contributed by atoms with Gasteiger partial charge < -0.3 is 9.47 Å². The van der Waals surface area contributed by atoms with Crippen molar-refractivity contribution in [3.63, 3.8) is 0 Å². The Hall–Kier alpha value is -2.12. The van der Waals surface area contributed by atoms with Crippen LogP contribution in [-0.4, -0.2) is 28.1 Å². The Morgan fingerprint density at radius 1 is 1.06 bits per heavy atom. The van der Waals surface area contributed by atoms with Gasteiger partial charge in [0.15, 0.2) is 0 Å². The van der Waals surface area contributed by atoms with Crippen LogP contribution in [0.5, 0.6) is 5.88 Å². The predicted molar refractivity (Wildman–Crippen MR) is 132 cm³/mol. The van der Waals surface area contributed by atoms with Crippen LogP contribution in [0.1, 0.15) is 59.1 Å². The fourth-order valence-electron chi connectivity index (χ4n) is 3.22. The first-order chi connectivity index (χ1) is 15.4. The van der Waals surface area contributed by atoms with E-state index in [1.165, 1.54) is 17.1 Å². The van der Waals surface area contributed by atoms with Crippen molar-refractivity contribution in [3.8, 4) is 5.88 Å². The number of thiophene rings is 1. The van der Waals surface area contributed by atoms with Gasteiger partial charge in [-0.1, -0.05) is 32.0 Å². The molecule has 3 aromatic rings. The number of ether oxygens (including phenoxy) is 2. The molecule has 0 unspecified atom stereocenters. The summed E-state index contributed by atoms with van der Waals surface area (Å²) in [5.74, 6) is 1.39. The van der Waals surface area contributed by atoms with Gasteiger partial charge in [0.2, 0.25) is 5.88 Å². The van der Waals surface area contributed by atoms with Crippen LogP contribution in [-0.2, 0) is 15.3 Å². The molecule has 0 bridgehead atoms. The maximum atomic E-state index is 11.1. The SMILES string of the molecule is CC(C)C(=O)OC1CCCC1.CC(C)Oc1nc2ccccc2nc1CSc1cccs1. The van der Waals surface area contributed by atoms with E-state index in [4.69, 9.17) is 14.5 Å². The molecule has 172 valence electrons. The molecule has 1 aromatic carbocycles. The molecular weight excluding hydrogens is 440 g/mol. The van der Waals surface area contributed by atoms with Crippen molar-refractivity contribution in [3.05, 3.63) is 47.5 Å². The summed E-state index contributed by atoms with van der Waals surface area (Å²) >= 11 is 3.51. The van der Waals surface area contributed by atoms with Crippen molar-refractivity contribution in [2.24, 2.45) is 5.92 Å². The zero-order valence-electron chi connectivity index (χ0n) is 19.2. The third-order valence-electron chi connectivity index (χ3n) is 4.86. The van der Waals surface area contributed by atoms with Crippen molar-refractivity contribution < 1.29 is 14.3 Å². The molecule has 2 aromatic heterocycles. The highest BCUT2D eigenvalue weighted by Crippen LogP contribution is 2.30. The maximum absolute atomic E-state index is 11.1. The molecular formula is C25H32N2O3S2. The Balaban J connectivity index is 0.000000222. The summed E-state index contributed by atoms with van der Waals surface area (Å²) in [7, 11) is 0. The second-order valence-corrected chi connectivity index (χ2v) is 10.6. The van der Waals surface area contributed by atoms with Crippen molar-refractivity contribution in [1.29, 1.82) is 0 Å². The molecule has 1 aliphatic carbocycles. The summed E-state index contributed by atoms with van der Waals surface area (Å²) in [6, 6.07) is 12.1. The molecule has 5 nitrogen and oxygen atoms in total. The van der Waals surface area contributed by atoms with E-state index >= 15 is 0 Å². The lowest BCUT2D eigenvalue weighted by Gasteiger charge is -2.13. The number of esters is 1. The van der Waals surface area contributed by atoms with Gasteiger partial charge >= 0.3 is 5.97 Å². The Labute approximate surface area is 199 Å². The lowest BCUT2D eigenvalue weighted by molar-refractivity contribution is -0.152. The summed E-state index contributed by atoms with van der Waals surface area (Å²) in [5.41, 5.74) is 2.69. The minimum atomic E-state index is -0.0445. The Morgan fingerprint density at radius 3 is 2.34 bits per heavy atom. The minimum absolute atomic E-state index is 0.0237. The van der Waals surface area contributed by atoms with Gasteiger partial charge in [-0.25, -0.2) is 9.97 Å². The van der Waals surface area contributed by atoms with Crippen LogP contribution in [0, 0.1) is 5.92 Å². The number of aromatic nitrogens is 2. The molecule has 0 spiro atoms. The first kappa shape index (κ1) is 24.5. The molecule has 4 rings (SSSR count). The van der Waals surface area contributed by atoms with Crippen LogP contribution in [0.15, 0.2) is 46.0 Å². The summed E-state index contributed by atoms with van der Waals surface area (Å²) in [5, 5.41) is 2.08. The number of hydrogen-bond donors (Lipinski definition) is 0. The second-order valence-electron chi connectivity index (χ2n) is 8.35. The van der Waals surface area contributed by atoms with Gasteiger partial charge in [0.25, 0.3) is 0 Å². The largest absolute Gasteiger partial charge is 0.474 e. The van der Waals surface area contributed by atoms with Crippen LogP contribution in [0.3, 0.4) is 0 Å². The third-order valence-corrected chi connectivity index (χ3v) is 7.00. The monoisotopic (exact) mass is 472 g/mol. The number of fused-ring (bicyclic) bond motifs is 1. The smallest absolute Gasteiger partial charge is 0.308 e. The predicted octanol–water partition coefficient (Wildman–Crippen LogP) is 6.90. The molecule has 0 aliphatic heterocycles. The van der Waals surface area contributed by atoms with Gasteiger partial charge in [0.05, 0.1) is 27.3 Å². The average molecular weight is 473 g/mol. The van der Waals surface area contributed by atoms with E-state index in [0.29, 0.717) is 5.88 Å². The van der Waals surface area contributed by atoms with Gasteiger partial charge in [0.1, 0.15) is 11.8 Å². The second kappa shape index (κ2) is 12.2. The number of carbonyl (C=O) groups is 1. The van der Waals surface area contributed by atoms with E-state index in [-0.39, 0.29) is 24.1 Å². The summed E-state index contributed by atoms with van der Waals surface area (Å²) in [6.07, 6.45) is 4.89. The van der Waals surface area contributed by atoms with E-state index in [2.05, 4.69) is 22.5 Å². The fraction of sp³-hybridized carbons (Fsp3) is 0.480. The lowest BCUT2D eigenvalue weighted by Crippen LogP contribution is -2.18. The number of benzene rings is 1. The van der Waals surface area contributed by atoms with Crippen LogP contribution in [0.2, 0.25) is 0 Å². The average Bonchev–Trinajstić information content (AvgIpc) is 3.46. The summed E-state index contributed by atoms with van der Waals surface area (Å²) in [6.45, 7) is 7.76. The van der Waals surface area contributed by atoms with Gasteiger partial charge in [-0.05, 0) is 63.1 Å². The van der Waals surface area contributed by atoms with E-state index < -0.39 is 0 Å². The topological polar surface area (TPSA) is 61.3 Å². The van der Waals surface area contributed by atoms with Gasteiger partial charge in [-0.2, -0.15) is 0 Å². The van der Waals surface area contributed by atoms with Gasteiger partial charge in [0, 0.05) is 5.75 Å². The van der Waals surface area contributed by atoms with Crippen LogP contribution in [0.25, 0.3) is 11.0 Å². The van der Waals surface area contributed by atoms with Crippen LogP contribution < -0.4 is 4.74 Å². The fourth-order valence-corrected chi connectivity index (χ4v) is 4.93. The molecule has 0 N–H and O–H groups in total. The maximum Gasteiger partial charge on any atom is 0.308 e. The molecule has 1 aliphatic rings. The number of nitrogens with zero attached hydrogens (tertiary/aromatic N) is 2. The van der Waals surface area contributed by atoms with Gasteiger partial charge in [-0.15, -0.1) is 23.1 Å². The van der Waals surface area contributed by atoms with E-state index in [1.54, 1.807) is 23.1 Å². The summed E-state index contributed by atoms with van der Waals surface area (Å²) < 4.78 is 12.4. The first-order valence-corrected chi connectivity index (χ1v) is 13.1. The van der Waals surface area contributed by atoms with Crippen molar-refractivity contribution in [2.75, 3.05) is 0 Å². The molecule has 7 heteroatoms. The summed E-state index contributed by atoms with van der Waals surface area (Å²) in [4.78, 5) is 20.4. The molecule has 1 saturated carbocycles. The molecule has 0 radical (unpaired) electrons. The highest BCUT2D eigenvalue weighted by Gasteiger charge is 2.20. The lowest BCUT2D eigenvalue weighted by atomic mass is 10.2. The zero-order chi connectivity index (χ0) is 22.9. The number of rotatable bonds is 7. The first-order valence-electron chi connectivity index (χ1n) is 11.2. The zero-order valence-corrected chi connectivity index (χ0v) is 20.9. The van der Waals surface area contributed by atoms with E-state index in [9.17, 15) is 4.79 Å².